The second-order valence-electron chi connectivity index (χ2n) is 6.96. The SMILES string of the molecule is CC[C@H](NC(=O)c1ccc(Cl)c(S(=O)(=O)Nc2ccccc2)c1)c1ccc(C)cc1. The van der Waals surface area contributed by atoms with Gasteiger partial charge in [-0.15, -0.1) is 0 Å². The molecular weight excluding hydrogens is 420 g/mol. The molecule has 1 amide bonds. The van der Waals surface area contributed by atoms with E-state index in [1.807, 2.05) is 38.1 Å². The molecule has 0 bridgehead atoms. The fraction of sp³-hybridized carbons (Fsp3) is 0.174. The van der Waals surface area contributed by atoms with Gasteiger partial charge in [-0.25, -0.2) is 8.42 Å². The van der Waals surface area contributed by atoms with Crippen molar-refractivity contribution in [1.29, 1.82) is 0 Å². The Morgan fingerprint density at radius 3 is 2.30 bits per heavy atom. The zero-order valence-corrected chi connectivity index (χ0v) is 18.3. The van der Waals surface area contributed by atoms with E-state index in [1.54, 1.807) is 30.3 Å². The van der Waals surface area contributed by atoms with Crippen LogP contribution in [0.5, 0.6) is 0 Å². The fourth-order valence-corrected chi connectivity index (χ4v) is 4.61. The monoisotopic (exact) mass is 442 g/mol. The van der Waals surface area contributed by atoms with E-state index in [2.05, 4.69) is 10.0 Å². The van der Waals surface area contributed by atoms with Crippen LogP contribution in [0.2, 0.25) is 5.02 Å². The quantitative estimate of drug-likeness (QED) is 0.519. The topological polar surface area (TPSA) is 75.3 Å². The summed E-state index contributed by atoms with van der Waals surface area (Å²) in [4.78, 5) is 12.7. The molecule has 30 heavy (non-hydrogen) atoms. The van der Waals surface area contributed by atoms with Gasteiger partial charge in [0.1, 0.15) is 4.90 Å². The predicted molar refractivity (Wildman–Crippen MR) is 120 cm³/mol. The Kier molecular flexibility index (Phi) is 6.80. The van der Waals surface area contributed by atoms with Crippen molar-refractivity contribution in [2.75, 3.05) is 4.72 Å². The third kappa shape index (κ3) is 5.20. The lowest BCUT2D eigenvalue weighted by atomic mass is 10.0. The standard InChI is InChI=1S/C23H23ClN2O3S/c1-3-21(17-11-9-16(2)10-12-17)25-23(27)18-13-14-20(24)22(15-18)30(28,29)26-19-7-5-4-6-8-19/h4-15,21,26H,3H2,1-2H3,(H,25,27)/t21-/m0/s1. The van der Waals surface area contributed by atoms with E-state index in [9.17, 15) is 13.2 Å². The molecule has 156 valence electrons. The maximum atomic E-state index is 12.8. The number of aryl methyl sites for hydroxylation is 1. The van der Waals surface area contributed by atoms with Gasteiger partial charge in [0.25, 0.3) is 15.9 Å². The summed E-state index contributed by atoms with van der Waals surface area (Å²) in [6, 6.07) is 20.5. The van der Waals surface area contributed by atoms with E-state index in [-0.39, 0.29) is 27.4 Å². The van der Waals surface area contributed by atoms with Crippen molar-refractivity contribution < 1.29 is 13.2 Å². The molecule has 0 saturated heterocycles. The number of halogens is 1. The van der Waals surface area contributed by atoms with Gasteiger partial charge in [-0.05, 0) is 49.2 Å². The summed E-state index contributed by atoms with van der Waals surface area (Å²) in [6.45, 7) is 3.98. The second kappa shape index (κ2) is 9.32. The van der Waals surface area contributed by atoms with Crippen molar-refractivity contribution >= 4 is 33.2 Å². The molecule has 3 rings (SSSR count). The summed E-state index contributed by atoms with van der Waals surface area (Å²) in [5.74, 6) is -0.366. The highest BCUT2D eigenvalue weighted by atomic mass is 35.5. The number of hydrogen-bond donors (Lipinski definition) is 2. The number of hydrogen-bond acceptors (Lipinski definition) is 3. The van der Waals surface area contributed by atoms with Crippen LogP contribution in [-0.4, -0.2) is 14.3 Å². The number of carbonyl (C=O) groups excluding carboxylic acids is 1. The molecule has 7 heteroatoms. The lowest BCUT2D eigenvalue weighted by molar-refractivity contribution is 0.0935. The Morgan fingerprint density at radius 1 is 1.00 bits per heavy atom. The zero-order valence-electron chi connectivity index (χ0n) is 16.7. The molecule has 5 nitrogen and oxygen atoms in total. The van der Waals surface area contributed by atoms with Crippen LogP contribution in [-0.2, 0) is 10.0 Å². The largest absolute Gasteiger partial charge is 0.345 e. The highest BCUT2D eigenvalue weighted by Gasteiger charge is 2.21. The van der Waals surface area contributed by atoms with Crippen LogP contribution in [0.4, 0.5) is 5.69 Å². The van der Waals surface area contributed by atoms with Gasteiger partial charge in [0.05, 0.1) is 11.1 Å². The third-order valence-corrected chi connectivity index (χ3v) is 6.57. The summed E-state index contributed by atoms with van der Waals surface area (Å²) in [6.07, 6.45) is 0.698. The zero-order chi connectivity index (χ0) is 21.7. The Hall–Kier alpha value is -2.83. The number of rotatable bonds is 7. The number of carbonyl (C=O) groups is 1. The molecule has 3 aromatic carbocycles. The highest BCUT2D eigenvalue weighted by Crippen LogP contribution is 2.26. The van der Waals surface area contributed by atoms with Gasteiger partial charge in [0.2, 0.25) is 0 Å². The average molecular weight is 443 g/mol. The first-order valence-corrected chi connectivity index (χ1v) is 11.4. The fourth-order valence-electron chi connectivity index (χ4n) is 3.03. The molecule has 1 atom stereocenters. The van der Waals surface area contributed by atoms with Gasteiger partial charge in [0, 0.05) is 11.3 Å². The van der Waals surface area contributed by atoms with Crippen molar-refractivity contribution in [2.24, 2.45) is 0 Å². The first kappa shape index (κ1) is 21.9. The van der Waals surface area contributed by atoms with Gasteiger partial charge in [-0.1, -0.05) is 66.6 Å². The number of amides is 1. The van der Waals surface area contributed by atoms with Crippen molar-refractivity contribution in [2.45, 2.75) is 31.2 Å². The molecule has 0 aliphatic carbocycles. The Labute approximate surface area is 182 Å². The van der Waals surface area contributed by atoms with Crippen LogP contribution in [0.25, 0.3) is 0 Å². The van der Waals surface area contributed by atoms with Crippen molar-refractivity contribution in [3.63, 3.8) is 0 Å². The molecule has 0 fully saturated rings. The molecule has 0 radical (unpaired) electrons. The van der Waals surface area contributed by atoms with E-state index in [4.69, 9.17) is 11.6 Å². The smallest absolute Gasteiger partial charge is 0.263 e. The lowest BCUT2D eigenvalue weighted by Crippen LogP contribution is -2.28. The molecule has 0 saturated carbocycles. The highest BCUT2D eigenvalue weighted by molar-refractivity contribution is 7.92. The number of benzene rings is 3. The van der Waals surface area contributed by atoms with Crippen LogP contribution < -0.4 is 10.0 Å². The second-order valence-corrected chi connectivity index (χ2v) is 9.02. The Morgan fingerprint density at radius 2 is 1.67 bits per heavy atom. The molecule has 3 aromatic rings. The molecule has 0 aliphatic rings. The summed E-state index contributed by atoms with van der Waals surface area (Å²) >= 11 is 6.14. The molecule has 0 spiro atoms. The van der Waals surface area contributed by atoms with Crippen molar-refractivity contribution in [3.05, 3.63) is 94.5 Å². The minimum Gasteiger partial charge on any atom is -0.345 e. The molecular formula is C23H23ClN2O3S. The van der Waals surface area contributed by atoms with Crippen LogP contribution >= 0.6 is 11.6 Å². The van der Waals surface area contributed by atoms with E-state index < -0.39 is 10.0 Å². The van der Waals surface area contributed by atoms with Crippen LogP contribution in [0.15, 0.2) is 77.7 Å². The Balaban J connectivity index is 1.84. The van der Waals surface area contributed by atoms with E-state index >= 15 is 0 Å². The van der Waals surface area contributed by atoms with Crippen LogP contribution in [0.1, 0.15) is 40.9 Å². The maximum Gasteiger partial charge on any atom is 0.263 e. The molecule has 2 N–H and O–H groups in total. The molecule has 0 heterocycles. The van der Waals surface area contributed by atoms with Crippen LogP contribution in [0, 0.1) is 6.92 Å². The van der Waals surface area contributed by atoms with Gasteiger partial charge < -0.3 is 5.32 Å². The number of anilines is 1. The number of para-hydroxylation sites is 1. The van der Waals surface area contributed by atoms with Crippen molar-refractivity contribution in [3.8, 4) is 0 Å². The summed E-state index contributed by atoms with van der Waals surface area (Å²) in [7, 11) is -3.95. The number of nitrogens with one attached hydrogen (secondary N) is 2. The van der Waals surface area contributed by atoms with Crippen LogP contribution in [0.3, 0.4) is 0 Å². The first-order chi connectivity index (χ1) is 14.3. The molecule has 0 aliphatic heterocycles. The maximum absolute atomic E-state index is 12.8. The van der Waals surface area contributed by atoms with Gasteiger partial charge >= 0.3 is 0 Å². The van der Waals surface area contributed by atoms with Gasteiger partial charge in [-0.3, -0.25) is 9.52 Å². The van der Waals surface area contributed by atoms with Crippen molar-refractivity contribution in [1.82, 2.24) is 5.32 Å². The van der Waals surface area contributed by atoms with E-state index in [1.165, 1.54) is 18.2 Å². The lowest BCUT2D eigenvalue weighted by Gasteiger charge is -2.18. The average Bonchev–Trinajstić information content (AvgIpc) is 2.73. The predicted octanol–water partition coefficient (Wildman–Crippen LogP) is 5.33. The Bertz CT molecular complexity index is 1130. The third-order valence-electron chi connectivity index (χ3n) is 4.70. The van der Waals surface area contributed by atoms with Gasteiger partial charge in [0.15, 0.2) is 0 Å². The number of sulfonamides is 1. The van der Waals surface area contributed by atoms with E-state index in [0.717, 1.165) is 11.1 Å². The minimum absolute atomic E-state index is 0.0422. The van der Waals surface area contributed by atoms with Gasteiger partial charge in [-0.2, -0.15) is 0 Å². The molecule has 0 unspecified atom stereocenters. The summed E-state index contributed by atoms with van der Waals surface area (Å²) < 4.78 is 28.1. The molecule has 0 aromatic heterocycles. The normalized spacial score (nSPS) is 12.2. The summed E-state index contributed by atoms with van der Waals surface area (Å²) in [5, 5.41) is 3.01. The first-order valence-electron chi connectivity index (χ1n) is 9.55. The summed E-state index contributed by atoms with van der Waals surface area (Å²) in [5.41, 5.74) is 2.76. The minimum atomic E-state index is -3.95. The van der Waals surface area contributed by atoms with E-state index in [0.29, 0.717) is 12.1 Å².